The third kappa shape index (κ3) is 2.09. The van der Waals surface area contributed by atoms with Gasteiger partial charge in [0.25, 0.3) is 0 Å². The van der Waals surface area contributed by atoms with Crippen molar-refractivity contribution in [3.63, 3.8) is 0 Å². The van der Waals surface area contributed by atoms with E-state index in [1.54, 1.807) is 12.1 Å². The molecule has 2 aromatic rings. The fraction of sp³-hybridized carbons (Fsp3) is 0.0667. The lowest BCUT2D eigenvalue weighted by atomic mass is 9.96. The smallest absolute Gasteiger partial charge is 0.339 e. The maximum Gasteiger partial charge on any atom is 0.339 e. The summed E-state index contributed by atoms with van der Waals surface area (Å²) in [6.07, 6.45) is 0. The Morgan fingerprint density at radius 3 is 2.44 bits per heavy atom. The number of hydrogen-bond acceptors (Lipinski definition) is 3. The van der Waals surface area contributed by atoms with E-state index in [-0.39, 0.29) is 0 Å². The molecule has 0 N–H and O–H groups in total. The molecule has 0 amide bonds. The second-order valence-corrected chi connectivity index (χ2v) is 3.70. The SMILES string of the molecule is COC(=O)c1cccc(-c2ccccc2)c1C#N. The molecule has 0 radical (unpaired) electrons. The van der Waals surface area contributed by atoms with Gasteiger partial charge in [0.05, 0.1) is 18.2 Å². The van der Waals surface area contributed by atoms with Crippen LogP contribution in [0.2, 0.25) is 0 Å². The van der Waals surface area contributed by atoms with E-state index in [1.165, 1.54) is 7.11 Å². The molecule has 2 aromatic carbocycles. The van der Waals surface area contributed by atoms with Crippen molar-refractivity contribution >= 4 is 5.97 Å². The van der Waals surface area contributed by atoms with E-state index in [1.807, 2.05) is 36.4 Å². The molecule has 0 unspecified atom stereocenters. The van der Waals surface area contributed by atoms with E-state index in [0.29, 0.717) is 11.1 Å². The van der Waals surface area contributed by atoms with Crippen LogP contribution in [0.5, 0.6) is 0 Å². The largest absolute Gasteiger partial charge is 0.465 e. The van der Waals surface area contributed by atoms with Gasteiger partial charge >= 0.3 is 5.97 Å². The number of ether oxygens (including phenoxy) is 1. The van der Waals surface area contributed by atoms with Crippen molar-refractivity contribution in [2.45, 2.75) is 0 Å². The molecule has 0 aromatic heterocycles. The summed E-state index contributed by atoms with van der Waals surface area (Å²) in [5, 5.41) is 9.25. The Kier molecular flexibility index (Phi) is 3.40. The first-order valence-corrected chi connectivity index (χ1v) is 5.44. The van der Waals surface area contributed by atoms with Crippen molar-refractivity contribution in [2.75, 3.05) is 7.11 Å². The Morgan fingerprint density at radius 1 is 1.11 bits per heavy atom. The van der Waals surface area contributed by atoms with Gasteiger partial charge in [0.1, 0.15) is 6.07 Å². The predicted molar refractivity (Wildman–Crippen MR) is 67.9 cm³/mol. The number of carbonyl (C=O) groups is 1. The van der Waals surface area contributed by atoms with Gasteiger partial charge in [-0.05, 0) is 11.6 Å². The third-order valence-electron chi connectivity index (χ3n) is 2.67. The van der Waals surface area contributed by atoms with E-state index >= 15 is 0 Å². The van der Waals surface area contributed by atoms with Gasteiger partial charge in [-0.15, -0.1) is 0 Å². The highest BCUT2D eigenvalue weighted by Gasteiger charge is 2.15. The molecule has 0 bridgehead atoms. The van der Waals surface area contributed by atoms with Crippen molar-refractivity contribution in [3.8, 4) is 17.2 Å². The zero-order valence-corrected chi connectivity index (χ0v) is 9.88. The van der Waals surface area contributed by atoms with Crippen LogP contribution in [0.1, 0.15) is 15.9 Å². The van der Waals surface area contributed by atoms with Crippen molar-refractivity contribution in [1.82, 2.24) is 0 Å². The zero-order valence-electron chi connectivity index (χ0n) is 9.88. The Balaban J connectivity index is 2.64. The van der Waals surface area contributed by atoms with Crippen LogP contribution in [-0.2, 0) is 4.74 Å². The number of rotatable bonds is 2. The number of nitrogens with zero attached hydrogens (tertiary/aromatic N) is 1. The fourth-order valence-electron chi connectivity index (χ4n) is 1.81. The summed E-state index contributed by atoms with van der Waals surface area (Å²) in [5.41, 5.74) is 2.28. The topological polar surface area (TPSA) is 50.1 Å². The molecule has 0 fully saturated rings. The maximum atomic E-state index is 11.6. The van der Waals surface area contributed by atoms with Gasteiger partial charge < -0.3 is 4.74 Å². The van der Waals surface area contributed by atoms with Gasteiger partial charge in [0, 0.05) is 5.56 Å². The summed E-state index contributed by atoms with van der Waals surface area (Å²) in [6.45, 7) is 0. The van der Waals surface area contributed by atoms with Crippen LogP contribution in [0.15, 0.2) is 48.5 Å². The molecular formula is C15H11NO2. The van der Waals surface area contributed by atoms with E-state index in [9.17, 15) is 10.1 Å². The molecule has 88 valence electrons. The van der Waals surface area contributed by atoms with Crippen molar-refractivity contribution in [1.29, 1.82) is 5.26 Å². The summed E-state index contributed by atoms with van der Waals surface area (Å²) in [5.74, 6) is -0.496. The quantitative estimate of drug-likeness (QED) is 0.754. The van der Waals surface area contributed by atoms with Crippen LogP contribution in [-0.4, -0.2) is 13.1 Å². The molecular weight excluding hydrogens is 226 g/mol. The Hall–Kier alpha value is -2.60. The van der Waals surface area contributed by atoms with Gasteiger partial charge in [0.2, 0.25) is 0 Å². The summed E-state index contributed by atoms with van der Waals surface area (Å²) < 4.78 is 4.68. The highest BCUT2D eigenvalue weighted by Crippen LogP contribution is 2.25. The van der Waals surface area contributed by atoms with Crippen LogP contribution in [0, 0.1) is 11.3 Å². The molecule has 0 spiro atoms. The lowest BCUT2D eigenvalue weighted by Gasteiger charge is -2.07. The van der Waals surface area contributed by atoms with Gasteiger partial charge in [0.15, 0.2) is 0 Å². The molecule has 3 nitrogen and oxygen atoms in total. The van der Waals surface area contributed by atoms with E-state index in [0.717, 1.165) is 11.1 Å². The van der Waals surface area contributed by atoms with Crippen LogP contribution in [0.3, 0.4) is 0 Å². The Labute approximate surface area is 105 Å². The molecule has 0 heterocycles. The number of carbonyl (C=O) groups excluding carboxylic acids is 1. The second-order valence-electron chi connectivity index (χ2n) is 3.70. The average molecular weight is 237 g/mol. The molecule has 2 rings (SSSR count). The summed E-state index contributed by atoms with van der Waals surface area (Å²) in [7, 11) is 1.30. The van der Waals surface area contributed by atoms with Gasteiger partial charge in [-0.25, -0.2) is 4.79 Å². The number of hydrogen-bond donors (Lipinski definition) is 0. The Bertz CT molecular complexity index is 612. The van der Waals surface area contributed by atoms with Crippen LogP contribution in [0.4, 0.5) is 0 Å². The lowest BCUT2D eigenvalue weighted by Crippen LogP contribution is -2.05. The summed E-state index contributed by atoms with van der Waals surface area (Å²) >= 11 is 0. The van der Waals surface area contributed by atoms with Crippen molar-refractivity contribution < 1.29 is 9.53 Å². The fourth-order valence-corrected chi connectivity index (χ4v) is 1.81. The van der Waals surface area contributed by atoms with E-state index in [2.05, 4.69) is 10.8 Å². The summed E-state index contributed by atoms with van der Waals surface area (Å²) in [6, 6.07) is 16.7. The third-order valence-corrected chi connectivity index (χ3v) is 2.67. The monoisotopic (exact) mass is 237 g/mol. The molecule has 18 heavy (non-hydrogen) atoms. The Morgan fingerprint density at radius 2 is 1.83 bits per heavy atom. The van der Waals surface area contributed by atoms with Gasteiger partial charge in [-0.2, -0.15) is 5.26 Å². The van der Waals surface area contributed by atoms with E-state index < -0.39 is 5.97 Å². The maximum absolute atomic E-state index is 11.6. The standard InChI is InChI=1S/C15H11NO2/c1-18-15(17)13-9-5-8-12(14(13)10-16)11-6-3-2-4-7-11/h2-9H,1H3. The number of methoxy groups -OCH3 is 1. The average Bonchev–Trinajstić information content (AvgIpc) is 2.46. The number of esters is 1. The lowest BCUT2D eigenvalue weighted by molar-refractivity contribution is 0.0600. The molecule has 0 saturated heterocycles. The van der Waals surface area contributed by atoms with Crippen molar-refractivity contribution in [2.24, 2.45) is 0 Å². The molecule has 0 aliphatic carbocycles. The minimum absolute atomic E-state index is 0.293. The number of benzene rings is 2. The molecule has 0 aliphatic heterocycles. The van der Waals surface area contributed by atoms with Crippen LogP contribution < -0.4 is 0 Å². The first-order valence-electron chi connectivity index (χ1n) is 5.44. The molecule has 0 aliphatic rings. The minimum Gasteiger partial charge on any atom is -0.465 e. The highest BCUT2D eigenvalue weighted by atomic mass is 16.5. The van der Waals surface area contributed by atoms with Gasteiger partial charge in [-0.3, -0.25) is 0 Å². The first kappa shape index (κ1) is 11.9. The molecule has 0 saturated carbocycles. The van der Waals surface area contributed by atoms with Crippen molar-refractivity contribution in [3.05, 3.63) is 59.7 Å². The molecule has 0 atom stereocenters. The van der Waals surface area contributed by atoms with Crippen LogP contribution in [0.25, 0.3) is 11.1 Å². The second kappa shape index (κ2) is 5.15. The van der Waals surface area contributed by atoms with E-state index in [4.69, 9.17) is 0 Å². The number of nitriles is 1. The zero-order chi connectivity index (χ0) is 13.0. The van der Waals surface area contributed by atoms with Crippen LogP contribution >= 0.6 is 0 Å². The first-order chi connectivity index (χ1) is 8.77. The predicted octanol–water partition coefficient (Wildman–Crippen LogP) is 3.01. The normalized spacial score (nSPS) is 9.56. The highest BCUT2D eigenvalue weighted by molar-refractivity contribution is 5.95. The summed E-state index contributed by atoms with van der Waals surface area (Å²) in [4.78, 5) is 11.6. The van der Waals surface area contributed by atoms with Gasteiger partial charge in [-0.1, -0.05) is 42.5 Å². The molecule has 3 heteroatoms. The minimum atomic E-state index is -0.496.